The number of ether oxygens (including phenoxy) is 2. The first-order valence-electron chi connectivity index (χ1n) is 6.98. The Kier molecular flexibility index (Phi) is 5.98. The summed E-state index contributed by atoms with van der Waals surface area (Å²) in [4.78, 5) is 12.1. The molecule has 0 bridgehead atoms. The van der Waals surface area contributed by atoms with Gasteiger partial charge in [-0.05, 0) is 28.1 Å². The van der Waals surface area contributed by atoms with Gasteiger partial charge in [-0.2, -0.15) is 0 Å². The maximum absolute atomic E-state index is 12.1. The van der Waals surface area contributed by atoms with Gasteiger partial charge in [0.25, 0.3) is 0 Å². The standard InChI is InChI=1S/C15H21BBrNO6/c1-13(2,3)12(19)18-15(16,22)14(20,21)8-6-11(24-5)9(17)7-10(8)23-4/h6-7,20-22H,1-5H3,(H,18,19). The summed E-state index contributed by atoms with van der Waals surface area (Å²) in [6, 6.07) is 2.64. The molecule has 0 saturated carbocycles. The summed E-state index contributed by atoms with van der Waals surface area (Å²) in [5.41, 5.74) is -4.08. The van der Waals surface area contributed by atoms with E-state index in [0.717, 1.165) is 0 Å². The van der Waals surface area contributed by atoms with Gasteiger partial charge in [0.2, 0.25) is 11.7 Å². The molecule has 132 valence electrons. The summed E-state index contributed by atoms with van der Waals surface area (Å²) in [7, 11) is 8.27. The third-order valence-electron chi connectivity index (χ3n) is 3.37. The zero-order valence-corrected chi connectivity index (χ0v) is 15.8. The number of methoxy groups -OCH3 is 2. The Morgan fingerprint density at radius 1 is 1.12 bits per heavy atom. The highest BCUT2D eigenvalue weighted by atomic mass is 79.9. The fourth-order valence-corrected chi connectivity index (χ4v) is 2.27. The minimum absolute atomic E-state index is 0.0153. The van der Waals surface area contributed by atoms with Crippen LogP contribution in [0.25, 0.3) is 0 Å². The van der Waals surface area contributed by atoms with Gasteiger partial charge in [0.1, 0.15) is 17.1 Å². The van der Waals surface area contributed by atoms with Gasteiger partial charge in [-0.1, -0.05) is 20.8 Å². The number of hydrogen-bond acceptors (Lipinski definition) is 6. The van der Waals surface area contributed by atoms with Crippen LogP contribution in [0.5, 0.6) is 11.5 Å². The van der Waals surface area contributed by atoms with Crippen molar-refractivity contribution in [1.29, 1.82) is 0 Å². The average molecular weight is 402 g/mol. The highest BCUT2D eigenvalue weighted by Gasteiger charge is 2.49. The molecule has 0 spiro atoms. The normalized spacial score (nSPS) is 14.7. The van der Waals surface area contributed by atoms with Crippen molar-refractivity contribution in [2.45, 2.75) is 32.2 Å². The molecular weight excluding hydrogens is 381 g/mol. The number of nitrogens with one attached hydrogen (secondary N) is 1. The molecule has 1 atom stereocenters. The van der Waals surface area contributed by atoms with Crippen LogP contribution in [-0.2, 0) is 10.6 Å². The van der Waals surface area contributed by atoms with E-state index in [-0.39, 0.29) is 17.1 Å². The first-order valence-corrected chi connectivity index (χ1v) is 7.78. The second-order valence-electron chi connectivity index (χ2n) is 6.33. The Morgan fingerprint density at radius 3 is 2.04 bits per heavy atom. The van der Waals surface area contributed by atoms with E-state index in [2.05, 4.69) is 15.9 Å². The van der Waals surface area contributed by atoms with E-state index in [4.69, 9.17) is 17.3 Å². The molecule has 0 fully saturated rings. The summed E-state index contributed by atoms with van der Waals surface area (Å²) < 4.78 is 10.7. The highest BCUT2D eigenvalue weighted by Crippen LogP contribution is 2.40. The van der Waals surface area contributed by atoms with Gasteiger partial charge in [0.05, 0.1) is 24.3 Å². The predicted octanol–water partition coefficient (Wildman–Crippen LogP) is 0.581. The molecule has 0 aliphatic carbocycles. The van der Waals surface area contributed by atoms with Crippen LogP contribution < -0.4 is 14.8 Å². The lowest BCUT2D eigenvalue weighted by Crippen LogP contribution is -2.65. The molecule has 1 aromatic carbocycles. The number of benzene rings is 1. The number of carbonyl (C=O) groups is 1. The summed E-state index contributed by atoms with van der Waals surface area (Å²) in [6.45, 7) is 4.74. The quantitative estimate of drug-likeness (QED) is 0.424. The van der Waals surface area contributed by atoms with Crippen molar-refractivity contribution in [2.24, 2.45) is 5.41 Å². The second-order valence-corrected chi connectivity index (χ2v) is 7.18. The van der Waals surface area contributed by atoms with Crippen LogP contribution in [0.15, 0.2) is 16.6 Å². The topological polar surface area (TPSA) is 108 Å². The Balaban J connectivity index is 3.39. The Morgan fingerprint density at radius 2 is 1.62 bits per heavy atom. The van der Waals surface area contributed by atoms with E-state index in [9.17, 15) is 20.1 Å². The molecule has 0 aliphatic heterocycles. The van der Waals surface area contributed by atoms with Gasteiger partial charge in [-0.25, -0.2) is 0 Å². The minimum Gasteiger partial charge on any atom is -0.496 e. The smallest absolute Gasteiger partial charge is 0.232 e. The molecule has 1 rings (SSSR count). The molecule has 24 heavy (non-hydrogen) atoms. The fourth-order valence-electron chi connectivity index (χ4n) is 1.79. The van der Waals surface area contributed by atoms with Crippen LogP contribution in [0.1, 0.15) is 26.3 Å². The van der Waals surface area contributed by atoms with Crippen LogP contribution in [0, 0.1) is 5.41 Å². The maximum Gasteiger partial charge on any atom is 0.232 e. The first-order chi connectivity index (χ1) is 10.8. The molecule has 1 aromatic rings. The SMILES string of the molecule is [B]C(O)(NC(=O)C(C)(C)C)C(O)(O)c1cc(OC)c(Br)cc1OC. The van der Waals surface area contributed by atoms with Crippen molar-refractivity contribution in [3.05, 3.63) is 22.2 Å². The van der Waals surface area contributed by atoms with Crippen LogP contribution in [-0.4, -0.2) is 48.9 Å². The molecule has 2 radical (unpaired) electrons. The number of carbonyl (C=O) groups excluding carboxylic acids is 1. The van der Waals surface area contributed by atoms with Gasteiger partial charge in [0.15, 0.2) is 7.85 Å². The van der Waals surface area contributed by atoms with Gasteiger partial charge in [0, 0.05) is 5.41 Å². The maximum atomic E-state index is 12.1. The zero-order valence-electron chi connectivity index (χ0n) is 14.2. The molecule has 9 heteroatoms. The average Bonchev–Trinajstić information content (AvgIpc) is 2.44. The number of rotatable bonds is 5. The lowest BCUT2D eigenvalue weighted by atomic mass is 9.77. The first kappa shape index (κ1) is 20.8. The Bertz CT molecular complexity index is 627. The van der Waals surface area contributed by atoms with Crippen molar-refractivity contribution in [3.8, 4) is 11.5 Å². The zero-order chi connectivity index (χ0) is 18.9. The van der Waals surface area contributed by atoms with Crippen LogP contribution in [0.2, 0.25) is 0 Å². The molecule has 0 aliphatic rings. The van der Waals surface area contributed by atoms with E-state index in [1.165, 1.54) is 26.4 Å². The van der Waals surface area contributed by atoms with Gasteiger partial charge < -0.3 is 30.1 Å². The Hall–Kier alpha value is -1.29. The van der Waals surface area contributed by atoms with Gasteiger partial charge in [-0.15, -0.1) is 0 Å². The van der Waals surface area contributed by atoms with E-state index in [0.29, 0.717) is 4.47 Å². The molecule has 0 aromatic heterocycles. The third kappa shape index (κ3) is 4.03. The van der Waals surface area contributed by atoms with Crippen molar-refractivity contribution in [2.75, 3.05) is 14.2 Å². The summed E-state index contributed by atoms with van der Waals surface area (Å²) in [6.07, 6.45) is 0. The molecule has 0 heterocycles. The van der Waals surface area contributed by atoms with E-state index >= 15 is 0 Å². The predicted molar refractivity (Wildman–Crippen MR) is 91.7 cm³/mol. The van der Waals surface area contributed by atoms with E-state index < -0.39 is 22.7 Å². The largest absolute Gasteiger partial charge is 0.496 e. The van der Waals surface area contributed by atoms with Crippen LogP contribution in [0.4, 0.5) is 0 Å². The van der Waals surface area contributed by atoms with Crippen LogP contribution in [0.3, 0.4) is 0 Å². The number of aliphatic hydroxyl groups is 3. The second kappa shape index (κ2) is 6.91. The lowest BCUT2D eigenvalue weighted by Gasteiger charge is -2.40. The molecule has 7 nitrogen and oxygen atoms in total. The van der Waals surface area contributed by atoms with Crippen molar-refractivity contribution in [1.82, 2.24) is 5.32 Å². The van der Waals surface area contributed by atoms with E-state index in [1.54, 1.807) is 20.8 Å². The summed E-state index contributed by atoms with van der Waals surface area (Å²) in [5.74, 6) is -3.48. The molecular formula is C15H21BBrNO6. The van der Waals surface area contributed by atoms with Crippen LogP contribution >= 0.6 is 15.9 Å². The summed E-state index contributed by atoms with van der Waals surface area (Å²) >= 11 is 3.23. The number of amides is 1. The molecule has 1 unspecified atom stereocenters. The van der Waals surface area contributed by atoms with Crippen molar-refractivity contribution in [3.63, 3.8) is 0 Å². The number of hydrogen-bond donors (Lipinski definition) is 4. The van der Waals surface area contributed by atoms with E-state index in [1.807, 2.05) is 5.32 Å². The fraction of sp³-hybridized carbons (Fsp3) is 0.533. The van der Waals surface area contributed by atoms with Gasteiger partial charge in [-0.3, -0.25) is 4.79 Å². The lowest BCUT2D eigenvalue weighted by molar-refractivity contribution is -0.262. The van der Waals surface area contributed by atoms with Crippen molar-refractivity contribution < 1.29 is 29.6 Å². The minimum atomic E-state index is -3.06. The monoisotopic (exact) mass is 401 g/mol. The third-order valence-corrected chi connectivity index (χ3v) is 3.99. The van der Waals surface area contributed by atoms with Crippen molar-refractivity contribution >= 4 is 29.7 Å². The van der Waals surface area contributed by atoms with Gasteiger partial charge >= 0.3 is 0 Å². The summed E-state index contributed by atoms with van der Waals surface area (Å²) in [5, 5.41) is 33.3. The Labute approximate surface area is 150 Å². The number of halogens is 1. The molecule has 4 N–H and O–H groups in total. The molecule has 0 saturated heterocycles. The highest BCUT2D eigenvalue weighted by molar-refractivity contribution is 9.10. The molecule has 1 amide bonds.